The van der Waals surface area contributed by atoms with Gasteiger partial charge in [-0.05, 0) is 48.9 Å². The molecule has 0 aromatic heterocycles. The molecule has 112 valence electrons. The Balaban J connectivity index is 2.44. The molecule has 0 unspecified atom stereocenters. The van der Waals surface area contributed by atoms with E-state index in [0.717, 1.165) is 5.56 Å². The maximum atomic E-state index is 12.6. The molecule has 0 heterocycles. The van der Waals surface area contributed by atoms with E-state index in [1.54, 1.807) is 30.3 Å². The molecule has 0 saturated heterocycles. The lowest BCUT2D eigenvalue weighted by molar-refractivity contribution is 0.414. The second kappa shape index (κ2) is 5.95. The first-order chi connectivity index (χ1) is 9.86. The van der Waals surface area contributed by atoms with Crippen molar-refractivity contribution >= 4 is 27.3 Å². The SMILES string of the molecule is COc1ccc(S(=O)(=O)N(C)c2cc(Cl)ccc2C)cc1. The number of hydrogen-bond acceptors (Lipinski definition) is 3. The van der Waals surface area contributed by atoms with Gasteiger partial charge in [-0.3, -0.25) is 4.31 Å². The van der Waals surface area contributed by atoms with E-state index in [4.69, 9.17) is 16.3 Å². The summed E-state index contributed by atoms with van der Waals surface area (Å²) in [5.41, 5.74) is 1.39. The van der Waals surface area contributed by atoms with Crippen LogP contribution >= 0.6 is 11.6 Å². The molecule has 0 bridgehead atoms. The van der Waals surface area contributed by atoms with Gasteiger partial charge in [0.25, 0.3) is 10.0 Å². The van der Waals surface area contributed by atoms with Crippen LogP contribution in [0.5, 0.6) is 5.75 Å². The predicted octanol–water partition coefficient (Wildman–Crippen LogP) is 3.48. The number of anilines is 1. The topological polar surface area (TPSA) is 46.6 Å². The molecule has 21 heavy (non-hydrogen) atoms. The summed E-state index contributed by atoms with van der Waals surface area (Å²) in [6.45, 7) is 1.84. The minimum absolute atomic E-state index is 0.199. The molecule has 2 aromatic rings. The summed E-state index contributed by atoms with van der Waals surface area (Å²) in [7, 11) is -0.592. The van der Waals surface area contributed by atoms with Crippen LogP contribution in [-0.4, -0.2) is 22.6 Å². The summed E-state index contributed by atoms with van der Waals surface area (Å²) in [6, 6.07) is 11.4. The lowest BCUT2D eigenvalue weighted by atomic mass is 10.2. The molecule has 0 N–H and O–H groups in total. The molecule has 0 radical (unpaired) electrons. The Kier molecular flexibility index (Phi) is 4.44. The monoisotopic (exact) mass is 325 g/mol. The fraction of sp³-hybridized carbons (Fsp3) is 0.200. The first kappa shape index (κ1) is 15.7. The molecular weight excluding hydrogens is 310 g/mol. The Labute approximate surface area is 130 Å². The van der Waals surface area contributed by atoms with E-state index in [0.29, 0.717) is 16.5 Å². The van der Waals surface area contributed by atoms with Gasteiger partial charge in [0.2, 0.25) is 0 Å². The number of benzene rings is 2. The van der Waals surface area contributed by atoms with Gasteiger partial charge in [-0.1, -0.05) is 17.7 Å². The quantitative estimate of drug-likeness (QED) is 0.864. The number of methoxy groups -OCH3 is 1. The summed E-state index contributed by atoms with van der Waals surface area (Å²) in [5, 5.41) is 0.493. The third-order valence-corrected chi connectivity index (χ3v) is 5.25. The summed E-state index contributed by atoms with van der Waals surface area (Å²) in [6.07, 6.45) is 0. The van der Waals surface area contributed by atoms with E-state index >= 15 is 0 Å². The second-order valence-electron chi connectivity index (χ2n) is 4.58. The van der Waals surface area contributed by atoms with E-state index in [9.17, 15) is 8.42 Å². The molecule has 2 rings (SSSR count). The van der Waals surface area contributed by atoms with Gasteiger partial charge in [-0.2, -0.15) is 0 Å². The molecule has 0 saturated carbocycles. The summed E-state index contributed by atoms with van der Waals surface area (Å²) >= 11 is 5.96. The number of rotatable bonds is 4. The molecule has 6 heteroatoms. The predicted molar refractivity (Wildman–Crippen MR) is 84.8 cm³/mol. The van der Waals surface area contributed by atoms with Crippen LogP contribution in [0.2, 0.25) is 5.02 Å². The van der Waals surface area contributed by atoms with Gasteiger partial charge < -0.3 is 4.74 Å². The van der Waals surface area contributed by atoms with Crippen molar-refractivity contribution in [2.24, 2.45) is 0 Å². The highest BCUT2D eigenvalue weighted by atomic mass is 35.5. The van der Waals surface area contributed by atoms with E-state index < -0.39 is 10.0 Å². The van der Waals surface area contributed by atoms with Gasteiger partial charge in [0.05, 0.1) is 17.7 Å². The van der Waals surface area contributed by atoms with E-state index in [1.807, 2.05) is 6.92 Å². The molecule has 4 nitrogen and oxygen atoms in total. The third-order valence-electron chi connectivity index (χ3n) is 3.23. The third kappa shape index (κ3) is 3.14. The largest absolute Gasteiger partial charge is 0.497 e. The minimum Gasteiger partial charge on any atom is -0.497 e. The van der Waals surface area contributed by atoms with Crippen LogP contribution in [0, 0.1) is 6.92 Å². The number of ether oxygens (including phenoxy) is 1. The van der Waals surface area contributed by atoms with Crippen molar-refractivity contribution in [1.29, 1.82) is 0 Å². The Hall–Kier alpha value is -1.72. The molecule has 0 spiro atoms. The lowest BCUT2D eigenvalue weighted by Crippen LogP contribution is -2.27. The molecule has 0 atom stereocenters. The molecule has 0 aliphatic rings. The molecule has 0 aliphatic heterocycles. The van der Waals surface area contributed by atoms with Gasteiger partial charge in [0.1, 0.15) is 5.75 Å². The standard InChI is InChI=1S/C15H16ClNO3S/c1-11-4-5-12(16)10-15(11)17(2)21(18,19)14-8-6-13(20-3)7-9-14/h4-10H,1-3H3. The fourth-order valence-corrected chi connectivity index (χ4v) is 3.38. The zero-order valence-corrected chi connectivity index (χ0v) is 13.6. The number of halogens is 1. The maximum absolute atomic E-state index is 12.6. The van der Waals surface area contributed by atoms with Gasteiger partial charge in [0.15, 0.2) is 0 Å². The molecule has 0 fully saturated rings. The van der Waals surface area contributed by atoms with Crippen molar-refractivity contribution in [3.63, 3.8) is 0 Å². The highest BCUT2D eigenvalue weighted by Crippen LogP contribution is 2.28. The second-order valence-corrected chi connectivity index (χ2v) is 6.98. The summed E-state index contributed by atoms with van der Waals surface area (Å²) in [5.74, 6) is 0.607. The Morgan fingerprint density at radius 2 is 1.71 bits per heavy atom. The number of hydrogen-bond donors (Lipinski definition) is 0. The molecule has 0 aliphatic carbocycles. The summed E-state index contributed by atoms with van der Waals surface area (Å²) < 4.78 is 31.5. The number of aryl methyl sites for hydroxylation is 1. The number of nitrogens with zero attached hydrogens (tertiary/aromatic N) is 1. The van der Waals surface area contributed by atoms with Crippen molar-refractivity contribution in [2.45, 2.75) is 11.8 Å². The van der Waals surface area contributed by atoms with Crippen LogP contribution in [0.4, 0.5) is 5.69 Å². The highest BCUT2D eigenvalue weighted by molar-refractivity contribution is 7.92. The lowest BCUT2D eigenvalue weighted by Gasteiger charge is -2.21. The Morgan fingerprint density at radius 1 is 1.10 bits per heavy atom. The van der Waals surface area contributed by atoms with Crippen molar-refractivity contribution in [1.82, 2.24) is 0 Å². The first-order valence-corrected chi connectivity index (χ1v) is 8.07. The summed E-state index contributed by atoms with van der Waals surface area (Å²) in [4.78, 5) is 0.199. The Morgan fingerprint density at radius 3 is 2.29 bits per heavy atom. The van der Waals surface area contributed by atoms with Gasteiger partial charge in [-0.15, -0.1) is 0 Å². The average Bonchev–Trinajstić information content (AvgIpc) is 2.49. The highest BCUT2D eigenvalue weighted by Gasteiger charge is 2.22. The smallest absolute Gasteiger partial charge is 0.264 e. The maximum Gasteiger partial charge on any atom is 0.264 e. The van der Waals surface area contributed by atoms with Crippen LogP contribution < -0.4 is 9.04 Å². The molecule has 0 amide bonds. The molecule has 2 aromatic carbocycles. The van der Waals surface area contributed by atoms with Crippen molar-refractivity contribution in [3.8, 4) is 5.75 Å². The van der Waals surface area contributed by atoms with E-state index in [2.05, 4.69) is 0 Å². The van der Waals surface area contributed by atoms with Gasteiger partial charge in [-0.25, -0.2) is 8.42 Å². The van der Waals surface area contributed by atoms with Crippen LogP contribution in [0.15, 0.2) is 47.4 Å². The van der Waals surface area contributed by atoms with Crippen LogP contribution in [0.3, 0.4) is 0 Å². The minimum atomic E-state index is -3.64. The van der Waals surface area contributed by atoms with Gasteiger partial charge >= 0.3 is 0 Å². The van der Waals surface area contributed by atoms with Crippen LogP contribution in [0.1, 0.15) is 5.56 Å². The normalized spacial score (nSPS) is 11.2. The van der Waals surface area contributed by atoms with Gasteiger partial charge in [0, 0.05) is 12.1 Å². The van der Waals surface area contributed by atoms with Crippen molar-refractivity contribution < 1.29 is 13.2 Å². The van der Waals surface area contributed by atoms with E-state index in [-0.39, 0.29) is 4.90 Å². The van der Waals surface area contributed by atoms with Crippen molar-refractivity contribution in [2.75, 3.05) is 18.5 Å². The fourth-order valence-electron chi connectivity index (χ4n) is 1.96. The number of sulfonamides is 1. The van der Waals surface area contributed by atoms with E-state index in [1.165, 1.54) is 30.6 Å². The zero-order valence-electron chi connectivity index (χ0n) is 12.0. The van der Waals surface area contributed by atoms with Crippen molar-refractivity contribution in [3.05, 3.63) is 53.1 Å². The van der Waals surface area contributed by atoms with Crippen LogP contribution in [0.25, 0.3) is 0 Å². The van der Waals surface area contributed by atoms with Crippen LogP contribution in [-0.2, 0) is 10.0 Å². The average molecular weight is 326 g/mol. The first-order valence-electron chi connectivity index (χ1n) is 6.25. The molecular formula is C15H16ClNO3S. The zero-order chi connectivity index (χ0) is 15.6. The Bertz CT molecular complexity index is 742.